The molecule has 1 saturated heterocycles. The largest absolute Gasteiger partial charge is 0.492 e. The molecule has 6 heterocycles. The van der Waals surface area contributed by atoms with E-state index in [0.717, 1.165) is 65.0 Å². The molecule has 1 aliphatic rings. The summed E-state index contributed by atoms with van der Waals surface area (Å²) in [6, 6.07) is 13.0. The van der Waals surface area contributed by atoms with Crippen LogP contribution < -0.4 is 4.74 Å². The molecule has 43 heavy (non-hydrogen) atoms. The lowest BCUT2D eigenvalue weighted by atomic mass is 10.0. The molecule has 0 saturated carbocycles. The molecule has 0 unspecified atom stereocenters. The van der Waals surface area contributed by atoms with Crippen LogP contribution in [0, 0.1) is 5.82 Å². The molecule has 1 aromatic carbocycles. The standard InChI is InChI=1S/C33H33FN8O/c1-41(2)9-10-43-26-13-22(12-25(34)15-26)31-27-16-30(38-29(27)5-6-36-31)32-28-14-24(19-37-33(28)40-39-32)23-11-21(17-35-18-23)20-42-7-3-4-8-42/h5-6,11-19,38H,3-4,7-10,20H2,1-2H3,(H,37,39,40). The van der Waals surface area contributed by atoms with Gasteiger partial charge in [0, 0.05) is 76.9 Å². The third-order valence-electron chi connectivity index (χ3n) is 7.91. The van der Waals surface area contributed by atoms with Gasteiger partial charge in [-0.05, 0) is 82.0 Å². The zero-order chi connectivity index (χ0) is 29.3. The smallest absolute Gasteiger partial charge is 0.181 e. The first-order valence-corrected chi connectivity index (χ1v) is 14.6. The fourth-order valence-electron chi connectivity index (χ4n) is 5.74. The maximum Gasteiger partial charge on any atom is 0.181 e. The first-order chi connectivity index (χ1) is 21.0. The number of aromatic nitrogens is 6. The molecule has 10 heteroatoms. The van der Waals surface area contributed by atoms with Gasteiger partial charge in [0.05, 0.1) is 17.1 Å². The normalized spacial score (nSPS) is 14.0. The minimum atomic E-state index is -0.371. The second-order valence-corrected chi connectivity index (χ2v) is 11.4. The molecule has 9 nitrogen and oxygen atoms in total. The minimum Gasteiger partial charge on any atom is -0.492 e. The van der Waals surface area contributed by atoms with Crippen LogP contribution in [0.4, 0.5) is 4.39 Å². The van der Waals surface area contributed by atoms with E-state index < -0.39 is 0 Å². The Morgan fingerprint density at radius 3 is 2.65 bits per heavy atom. The topological polar surface area (TPSA) is 98.8 Å². The summed E-state index contributed by atoms with van der Waals surface area (Å²) in [5.74, 6) is 0.104. The van der Waals surface area contributed by atoms with Gasteiger partial charge in [0.15, 0.2) is 5.65 Å². The number of likely N-dealkylation sites (tertiary alicyclic amines) is 1. The van der Waals surface area contributed by atoms with Crippen molar-refractivity contribution in [2.45, 2.75) is 19.4 Å². The summed E-state index contributed by atoms with van der Waals surface area (Å²) in [7, 11) is 3.94. The average molecular weight is 577 g/mol. The number of likely N-dealkylation sites (N-methyl/N-ethyl adjacent to an activating group) is 1. The second kappa shape index (κ2) is 11.5. The van der Waals surface area contributed by atoms with Crippen molar-refractivity contribution in [2.24, 2.45) is 0 Å². The predicted octanol–water partition coefficient (Wildman–Crippen LogP) is 5.91. The molecule has 1 aliphatic heterocycles. The van der Waals surface area contributed by atoms with Crippen molar-refractivity contribution >= 4 is 21.9 Å². The van der Waals surface area contributed by atoms with Crippen molar-refractivity contribution in [3.63, 3.8) is 0 Å². The Labute approximate surface area is 248 Å². The fraction of sp³-hybridized carbons (Fsp3) is 0.273. The van der Waals surface area contributed by atoms with E-state index in [1.807, 2.05) is 55.8 Å². The summed E-state index contributed by atoms with van der Waals surface area (Å²) in [5, 5.41) is 9.40. The highest BCUT2D eigenvalue weighted by Gasteiger charge is 2.17. The lowest BCUT2D eigenvalue weighted by molar-refractivity contribution is 0.260. The van der Waals surface area contributed by atoms with Gasteiger partial charge in [-0.2, -0.15) is 5.10 Å². The van der Waals surface area contributed by atoms with Crippen molar-refractivity contribution in [3.8, 4) is 39.5 Å². The van der Waals surface area contributed by atoms with Gasteiger partial charge in [-0.25, -0.2) is 9.37 Å². The van der Waals surface area contributed by atoms with E-state index in [1.165, 1.54) is 30.5 Å². The number of H-pyrrole nitrogens is 2. The maximum absolute atomic E-state index is 14.7. The van der Waals surface area contributed by atoms with E-state index in [9.17, 15) is 4.39 Å². The fourth-order valence-corrected chi connectivity index (χ4v) is 5.74. The number of nitrogens with zero attached hydrogens (tertiary/aromatic N) is 6. The van der Waals surface area contributed by atoms with Crippen LogP contribution >= 0.6 is 0 Å². The Morgan fingerprint density at radius 2 is 1.79 bits per heavy atom. The van der Waals surface area contributed by atoms with Gasteiger partial charge in [0.25, 0.3) is 0 Å². The van der Waals surface area contributed by atoms with Crippen molar-refractivity contribution in [2.75, 3.05) is 40.3 Å². The van der Waals surface area contributed by atoms with Gasteiger partial charge in [0.2, 0.25) is 0 Å². The first-order valence-electron chi connectivity index (χ1n) is 14.6. The number of aromatic amines is 2. The van der Waals surface area contributed by atoms with Gasteiger partial charge < -0.3 is 14.6 Å². The molecule has 0 atom stereocenters. The number of rotatable bonds is 9. The lowest BCUT2D eigenvalue weighted by Gasteiger charge is -2.14. The highest BCUT2D eigenvalue weighted by atomic mass is 19.1. The molecular weight excluding hydrogens is 543 g/mol. The summed E-state index contributed by atoms with van der Waals surface area (Å²) < 4.78 is 20.5. The average Bonchev–Trinajstić information content (AvgIpc) is 3.76. The first kappa shape index (κ1) is 27.2. The Kier molecular flexibility index (Phi) is 7.30. The molecular formula is C33H33FN8O. The van der Waals surface area contributed by atoms with E-state index in [2.05, 4.69) is 47.2 Å². The third-order valence-corrected chi connectivity index (χ3v) is 7.91. The highest BCUT2D eigenvalue weighted by molar-refractivity contribution is 6.00. The number of ether oxygens (including phenoxy) is 1. The number of halogens is 1. The van der Waals surface area contributed by atoms with Crippen molar-refractivity contribution in [1.29, 1.82) is 0 Å². The quantitative estimate of drug-likeness (QED) is 0.221. The number of benzene rings is 1. The summed E-state index contributed by atoms with van der Waals surface area (Å²) in [6.07, 6.45) is 9.93. The number of fused-ring (bicyclic) bond motifs is 2. The van der Waals surface area contributed by atoms with Gasteiger partial charge >= 0.3 is 0 Å². The highest BCUT2D eigenvalue weighted by Crippen LogP contribution is 2.35. The molecule has 2 N–H and O–H groups in total. The monoisotopic (exact) mass is 576 g/mol. The van der Waals surface area contributed by atoms with Gasteiger partial charge in [0.1, 0.15) is 18.2 Å². The maximum atomic E-state index is 14.7. The Hall–Kier alpha value is -4.67. The van der Waals surface area contributed by atoms with Gasteiger partial charge in [-0.15, -0.1) is 0 Å². The lowest BCUT2D eigenvalue weighted by Crippen LogP contribution is -2.19. The molecule has 0 radical (unpaired) electrons. The third kappa shape index (κ3) is 5.71. The zero-order valence-electron chi connectivity index (χ0n) is 24.3. The number of hydrogen-bond donors (Lipinski definition) is 2. The molecule has 0 spiro atoms. The van der Waals surface area contributed by atoms with E-state index in [1.54, 1.807) is 6.20 Å². The summed E-state index contributed by atoms with van der Waals surface area (Å²) >= 11 is 0. The van der Waals surface area contributed by atoms with Crippen LogP contribution in [0.5, 0.6) is 5.75 Å². The SMILES string of the molecule is CN(C)CCOc1cc(F)cc(-c2nccc3[nH]c(-c4[nH]nc5ncc(-c6cncc(CN7CCCC7)c6)cc45)cc23)c1. The molecule has 6 aromatic rings. The molecule has 5 aromatic heterocycles. The van der Waals surface area contributed by atoms with Crippen molar-refractivity contribution in [1.82, 2.24) is 39.9 Å². The Balaban J connectivity index is 1.22. The zero-order valence-corrected chi connectivity index (χ0v) is 24.3. The van der Waals surface area contributed by atoms with Crippen LogP contribution in [-0.4, -0.2) is 80.3 Å². The Bertz CT molecular complexity index is 1910. The van der Waals surface area contributed by atoms with Crippen LogP contribution in [0.3, 0.4) is 0 Å². The van der Waals surface area contributed by atoms with E-state index in [0.29, 0.717) is 29.3 Å². The Morgan fingerprint density at radius 1 is 0.930 bits per heavy atom. The second-order valence-electron chi connectivity index (χ2n) is 11.4. The van der Waals surface area contributed by atoms with E-state index in [4.69, 9.17) is 4.74 Å². The van der Waals surface area contributed by atoms with Crippen LogP contribution in [-0.2, 0) is 6.54 Å². The van der Waals surface area contributed by atoms with Crippen LogP contribution in [0.1, 0.15) is 18.4 Å². The van der Waals surface area contributed by atoms with E-state index >= 15 is 0 Å². The minimum absolute atomic E-state index is 0.371. The molecule has 0 bridgehead atoms. The predicted molar refractivity (Wildman–Crippen MR) is 166 cm³/mol. The molecule has 0 amide bonds. The number of hydrogen-bond acceptors (Lipinski definition) is 7. The summed E-state index contributed by atoms with van der Waals surface area (Å²) in [4.78, 5) is 21.8. The van der Waals surface area contributed by atoms with E-state index in [-0.39, 0.29) is 5.82 Å². The molecule has 7 rings (SSSR count). The molecule has 218 valence electrons. The van der Waals surface area contributed by atoms with Crippen LogP contribution in [0.15, 0.2) is 67.3 Å². The molecule has 1 fully saturated rings. The summed E-state index contributed by atoms with van der Waals surface area (Å²) in [5.41, 5.74) is 7.68. The number of pyridine rings is 3. The summed E-state index contributed by atoms with van der Waals surface area (Å²) in [6.45, 7) is 4.39. The van der Waals surface area contributed by atoms with Crippen LogP contribution in [0.25, 0.3) is 55.7 Å². The van der Waals surface area contributed by atoms with Crippen LogP contribution in [0.2, 0.25) is 0 Å². The van der Waals surface area contributed by atoms with Crippen molar-refractivity contribution in [3.05, 3.63) is 78.6 Å². The van der Waals surface area contributed by atoms with Gasteiger partial charge in [-0.3, -0.25) is 20.0 Å². The van der Waals surface area contributed by atoms with Crippen molar-refractivity contribution < 1.29 is 9.13 Å². The van der Waals surface area contributed by atoms with Gasteiger partial charge in [-0.1, -0.05) is 0 Å². The number of nitrogens with one attached hydrogen (secondary N) is 2. The molecule has 0 aliphatic carbocycles.